The van der Waals surface area contributed by atoms with Gasteiger partial charge < -0.3 is 15.2 Å². The summed E-state index contributed by atoms with van der Waals surface area (Å²) in [6, 6.07) is 8.81. The van der Waals surface area contributed by atoms with Gasteiger partial charge in [-0.15, -0.1) is 0 Å². The second-order valence-corrected chi connectivity index (χ2v) is 7.27. The smallest absolute Gasteiger partial charge is 0.279 e. The zero-order chi connectivity index (χ0) is 19.4. The number of unbranched alkanes of at least 4 members (excludes halogenated alkanes) is 1. The van der Waals surface area contributed by atoms with Crippen molar-refractivity contribution in [3.63, 3.8) is 0 Å². The molecule has 27 heavy (non-hydrogen) atoms. The molecule has 0 aliphatic carbocycles. The van der Waals surface area contributed by atoms with Crippen molar-refractivity contribution in [3.8, 4) is 16.9 Å². The molecule has 3 N–H and O–H groups in total. The van der Waals surface area contributed by atoms with Crippen molar-refractivity contribution in [2.24, 2.45) is 11.7 Å². The minimum atomic E-state index is -0.501. The summed E-state index contributed by atoms with van der Waals surface area (Å²) in [5.74, 6) is 0.488. The molecule has 1 aromatic heterocycles. The number of hydrogen-bond donors (Lipinski definition) is 2. The van der Waals surface area contributed by atoms with Crippen LogP contribution in [0.15, 0.2) is 36.5 Å². The fourth-order valence-corrected chi connectivity index (χ4v) is 3.74. The van der Waals surface area contributed by atoms with E-state index in [1.165, 1.54) is 6.20 Å². The first kappa shape index (κ1) is 19.1. The molecule has 2 aromatic rings. The topological polar surface area (TPSA) is 81.2 Å². The Labute approximate surface area is 159 Å². The summed E-state index contributed by atoms with van der Waals surface area (Å²) in [5.41, 5.74) is 7.21. The number of halogens is 1. The van der Waals surface area contributed by atoms with Gasteiger partial charge in [-0.3, -0.25) is 5.41 Å². The Morgan fingerprint density at radius 1 is 1.44 bits per heavy atom. The lowest BCUT2D eigenvalue weighted by Gasteiger charge is -2.42. The van der Waals surface area contributed by atoms with Crippen LogP contribution < -0.4 is 10.5 Å². The Hall–Kier alpha value is -2.63. The predicted octanol–water partition coefficient (Wildman–Crippen LogP) is 4.25. The third-order valence-corrected chi connectivity index (χ3v) is 5.44. The Kier molecular flexibility index (Phi) is 5.63. The van der Waals surface area contributed by atoms with E-state index in [0.29, 0.717) is 12.2 Å². The lowest BCUT2D eigenvalue weighted by molar-refractivity contribution is 0.0807. The van der Waals surface area contributed by atoms with Gasteiger partial charge in [0.1, 0.15) is 12.4 Å². The first-order chi connectivity index (χ1) is 13.0. The van der Waals surface area contributed by atoms with Gasteiger partial charge in [0.25, 0.3) is 6.02 Å². The van der Waals surface area contributed by atoms with Crippen LogP contribution in [0, 0.1) is 17.3 Å². The van der Waals surface area contributed by atoms with Gasteiger partial charge in [-0.05, 0) is 36.2 Å². The molecule has 0 radical (unpaired) electrons. The van der Waals surface area contributed by atoms with Crippen molar-refractivity contribution in [2.75, 3.05) is 13.2 Å². The highest BCUT2D eigenvalue weighted by Gasteiger charge is 2.42. The molecule has 0 bridgehead atoms. The van der Waals surface area contributed by atoms with Crippen LogP contribution in [0.1, 0.15) is 38.7 Å². The van der Waals surface area contributed by atoms with Crippen LogP contribution in [-0.2, 0) is 10.2 Å². The molecule has 0 saturated carbocycles. The summed E-state index contributed by atoms with van der Waals surface area (Å²) in [6.45, 7) is 5.14. The van der Waals surface area contributed by atoms with E-state index in [9.17, 15) is 4.39 Å². The summed E-state index contributed by atoms with van der Waals surface area (Å²) < 4.78 is 25.6. The molecule has 1 aliphatic rings. The molecule has 144 valence electrons. The van der Waals surface area contributed by atoms with Crippen LogP contribution >= 0.6 is 0 Å². The van der Waals surface area contributed by atoms with Crippen molar-refractivity contribution in [3.05, 3.63) is 48.0 Å². The molecule has 2 heterocycles. The quantitative estimate of drug-likeness (QED) is 0.452. The number of rotatable bonds is 6. The molecular weight excluding hydrogens is 345 g/mol. The first-order valence-electron chi connectivity index (χ1n) is 9.30. The zero-order valence-corrected chi connectivity index (χ0v) is 15.8. The summed E-state index contributed by atoms with van der Waals surface area (Å²) in [7, 11) is 0. The normalized spacial score (nSPS) is 21.2. The van der Waals surface area contributed by atoms with Crippen LogP contribution in [0.2, 0.25) is 0 Å². The Balaban J connectivity index is 2.05. The van der Waals surface area contributed by atoms with Gasteiger partial charge in [0, 0.05) is 28.7 Å². The van der Waals surface area contributed by atoms with Crippen molar-refractivity contribution in [1.82, 2.24) is 4.98 Å². The largest absolute Gasteiger partial charge is 0.493 e. The average Bonchev–Trinajstić information content (AvgIpc) is 2.66. The minimum Gasteiger partial charge on any atom is -0.493 e. The van der Waals surface area contributed by atoms with Gasteiger partial charge in [-0.1, -0.05) is 32.8 Å². The number of pyridine rings is 1. The van der Waals surface area contributed by atoms with E-state index < -0.39 is 5.95 Å². The minimum absolute atomic E-state index is 0.221. The van der Waals surface area contributed by atoms with Gasteiger partial charge in [0.15, 0.2) is 0 Å². The lowest BCUT2D eigenvalue weighted by atomic mass is 9.68. The van der Waals surface area contributed by atoms with Gasteiger partial charge in [0.05, 0.1) is 6.61 Å². The van der Waals surface area contributed by atoms with Crippen molar-refractivity contribution >= 4 is 6.02 Å². The molecule has 0 fully saturated rings. The third kappa shape index (κ3) is 3.89. The molecule has 3 rings (SSSR count). The molecule has 0 saturated heterocycles. The van der Waals surface area contributed by atoms with Crippen LogP contribution in [0.5, 0.6) is 5.75 Å². The van der Waals surface area contributed by atoms with Gasteiger partial charge in [-0.25, -0.2) is 4.98 Å². The van der Waals surface area contributed by atoms with E-state index in [0.717, 1.165) is 36.1 Å². The number of nitrogens with two attached hydrogens (primary N) is 1. The second kappa shape index (κ2) is 7.94. The fourth-order valence-electron chi connectivity index (χ4n) is 3.74. The van der Waals surface area contributed by atoms with E-state index in [1.807, 2.05) is 18.2 Å². The third-order valence-electron chi connectivity index (χ3n) is 5.44. The van der Waals surface area contributed by atoms with Crippen LogP contribution in [0.25, 0.3) is 11.1 Å². The maximum absolute atomic E-state index is 14.2. The maximum atomic E-state index is 14.2. The molecule has 6 heteroatoms. The second-order valence-electron chi connectivity index (χ2n) is 7.27. The molecule has 0 amide bonds. The number of nitrogens with one attached hydrogen (secondary N) is 1. The number of ether oxygens (including phenoxy) is 2. The van der Waals surface area contributed by atoms with Crippen molar-refractivity contribution in [1.29, 1.82) is 5.41 Å². The van der Waals surface area contributed by atoms with E-state index in [-0.39, 0.29) is 24.0 Å². The molecule has 1 aliphatic heterocycles. The molecule has 1 unspecified atom stereocenters. The summed E-state index contributed by atoms with van der Waals surface area (Å²) in [5, 5.41) is 7.46. The summed E-state index contributed by atoms with van der Waals surface area (Å²) in [4.78, 5) is 3.75. The summed E-state index contributed by atoms with van der Waals surface area (Å²) >= 11 is 0. The number of aromatic nitrogens is 1. The first-order valence-corrected chi connectivity index (χ1v) is 9.30. The Bertz CT molecular complexity index is 827. The average molecular weight is 371 g/mol. The molecular formula is C21H26FN3O2. The van der Waals surface area contributed by atoms with Crippen LogP contribution in [0.4, 0.5) is 4.39 Å². The fraction of sp³-hybridized carbons (Fsp3) is 0.429. The van der Waals surface area contributed by atoms with E-state index in [2.05, 4.69) is 18.8 Å². The highest BCUT2D eigenvalue weighted by molar-refractivity contribution is 5.68. The standard InChI is InChI=1S/C21H26FN3O2/c1-3-4-6-15-12-26-18-9-8-14(16-7-5-10-25-19(16)22)11-17(18)21(15,2)13-27-20(23)24/h5,7-11,15H,3-4,6,12-13H2,1-2H3,(H3,23,24)/t15-,21?/m1/s1. The van der Waals surface area contributed by atoms with Crippen LogP contribution in [0.3, 0.4) is 0 Å². The number of fused-ring (bicyclic) bond motifs is 1. The highest BCUT2D eigenvalue weighted by Crippen LogP contribution is 2.45. The van der Waals surface area contributed by atoms with Crippen molar-refractivity contribution < 1.29 is 13.9 Å². The van der Waals surface area contributed by atoms with Gasteiger partial charge >= 0.3 is 0 Å². The number of amidine groups is 1. The Morgan fingerprint density at radius 3 is 2.96 bits per heavy atom. The molecule has 2 atom stereocenters. The number of benzene rings is 1. The van der Waals surface area contributed by atoms with Gasteiger partial charge in [0.2, 0.25) is 5.95 Å². The summed E-state index contributed by atoms with van der Waals surface area (Å²) in [6.07, 6.45) is 4.59. The Morgan fingerprint density at radius 2 is 2.26 bits per heavy atom. The maximum Gasteiger partial charge on any atom is 0.279 e. The number of hydrogen-bond acceptors (Lipinski definition) is 4. The van der Waals surface area contributed by atoms with E-state index in [1.54, 1.807) is 12.1 Å². The molecule has 5 nitrogen and oxygen atoms in total. The molecule has 0 spiro atoms. The highest BCUT2D eigenvalue weighted by atomic mass is 19.1. The predicted molar refractivity (Wildman–Crippen MR) is 103 cm³/mol. The van der Waals surface area contributed by atoms with Crippen molar-refractivity contribution in [2.45, 2.75) is 38.5 Å². The van der Waals surface area contributed by atoms with E-state index in [4.69, 9.17) is 20.6 Å². The number of nitrogens with zero attached hydrogens (tertiary/aromatic N) is 1. The molecule has 1 aromatic carbocycles. The SMILES string of the molecule is CCCC[C@@H]1COc2ccc(-c3cccnc3F)cc2C1(C)COC(=N)N. The monoisotopic (exact) mass is 371 g/mol. The zero-order valence-electron chi connectivity index (χ0n) is 15.8. The van der Waals surface area contributed by atoms with Crippen LogP contribution in [-0.4, -0.2) is 24.2 Å². The lowest BCUT2D eigenvalue weighted by Crippen LogP contribution is -2.44. The van der Waals surface area contributed by atoms with Gasteiger partial charge in [-0.2, -0.15) is 4.39 Å². The van der Waals surface area contributed by atoms with E-state index >= 15 is 0 Å².